The number of nitrogens with zero attached hydrogens (tertiary/aromatic N) is 1. The molecule has 1 aliphatic rings. The molecule has 128 valence electrons. The van der Waals surface area contributed by atoms with E-state index in [2.05, 4.69) is 5.32 Å². The average molecular weight is 360 g/mol. The van der Waals surface area contributed by atoms with Gasteiger partial charge in [-0.3, -0.25) is 9.59 Å². The minimum absolute atomic E-state index is 0.0580. The monoisotopic (exact) mass is 359 g/mol. The van der Waals surface area contributed by atoms with Crippen molar-refractivity contribution in [2.45, 2.75) is 31.7 Å². The Balaban J connectivity index is 0.000000816. The molecule has 1 atom stereocenters. The lowest BCUT2D eigenvalue weighted by atomic mass is 10.1. The Kier molecular flexibility index (Phi) is 8.37. The van der Waals surface area contributed by atoms with Crippen molar-refractivity contribution in [2.75, 3.05) is 20.6 Å². The molecular weight excluding hydrogens is 337 g/mol. The summed E-state index contributed by atoms with van der Waals surface area (Å²) in [6.07, 6.45) is 2.31. The van der Waals surface area contributed by atoms with E-state index in [0.717, 1.165) is 12.0 Å². The van der Waals surface area contributed by atoms with Crippen molar-refractivity contribution in [3.8, 4) is 0 Å². The number of amides is 2. The second kappa shape index (κ2) is 9.75. The molecule has 5 nitrogen and oxygen atoms in total. The highest BCUT2D eigenvalue weighted by Crippen LogP contribution is 2.23. The van der Waals surface area contributed by atoms with Crippen molar-refractivity contribution >= 4 is 35.0 Å². The number of carbonyl (C=O) groups is 2. The molecule has 1 aromatic rings. The maximum Gasteiger partial charge on any atom is 0.240 e. The zero-order valence-corrected chi connectivity index (χ0v) is 15.0. The third-order valence-electron chi connectivity index (χ3n) is 3.52. The zero-order valence-electron chi connectivity index (χ0n) is 13.4. The summed E-state index contributed by atoms with van der Waals surface area (Å²) in [4.78, 5) is 25.0. The first-order valence-corrected chi connectivity index (χ1v) is 8.27. The zero-order chi connectivity index (χ0) is 17.4. The van der Waals surface area contributed by atoms with Gasteiger partial charge in [0.25, 0.3) is 0 Å². The van der Waals surface area contributed by atoms with Crippen LogP contribution in [0.15, 0.2) is 18.2 Å². The molecule has 3 N–H and O–H groups in total. The quantitative estimate of drug-likeness (QED) is 0.865. The van der Waals surface area contributed by atoms with E-state index in [0.29, 0.717) is 35.9 Å². The van der Waals surface area contributed by atoms with E-state index in [1.54, 1.807) is 17.0 Å². The second-order valence-corrected chi connectivity index (χ2v) is 6.23. The van der Waals surface area contributed by atoms with Gasteiger partial charge in [0.15, 0.2) is 0 Å². The van der Waals surface area contributed by atoms with Crippen LogP contribution in [0.3, 0.4) is 0 Å². The number of likely N-dealkylation sites (tertiary alicyclic amines) is 1. The van der Waals surface area contributed by atoms with Gasteiger partial charge in [0.1, 0.15) is 6.04 Å². The van der Waals surface area contributed by atoms with Crippen LogP contribution in [0.4, 0.5) is 0 Å². The fraction of sp³-hybridized carbons (Fsp3) is 0.500. The summed E-state index contributed by atoms with van der Waals surface area (Å²) in [7, 11) is 3.75. The third-order valence-corrected chi connectivity index (χ3v) is 4.11. The SMILES string of the molecule is CNC.NC(=O)[C@@H]1CCCN1C(=O)CCc1ccc(Cl)cc1Cl. The Hall–Kier alpha value is -1.30. The van der Waals surface area contributed by atoms with E-state index in [4.69, 9.17) is 28.9 Å². The van der Waals surface area contributed by atoms with Crippen LogP contribution in [0.2, 0.25) is 10.0 Å². The van der Waals surface area contributed by atoms with E-state index in [-0.39, 0.29) is 5.91 Å². The molecule has 23 heavy (non-hydrogen) atoms. The van der Waals surface area contributed by atoms with Crippen LogP contribution in [-0.2, 0) is 16.0 Å². The number of benzene rings is 1. The number of nitrogens with one attached hydrogen (secondary N) is 1. The first-order valence-electron chi connectivity index (χ1n) is 7.51. The lowest BCUT2D eigenvalue weighted by Gasteiger charge is -2.22. The van der Waals surface area contributed by atoms with Crippen molar-refractivity contribution in [2.24, 2.45) is 5.73 Å². The second-order valence-electron chi connectivity index (χ2n) is 5.38. The van der Waals surface area contributed by atoms with E-state index in [9.17, 15) is 9.59 Å². The van der Waals surface area contributed by atoms with Crippen molar-refractivity contribution in [1.82, 2.24) is 10.2 Å². The molecule has 0 spiro atoms. The van der Waals surface area contributed by atoms with Crippen LogP contribution < -0.4 is 11.1 Å². The van der Waals surface area contributed by atoms with Gasteiger partial charge in [-0.2, -0.15) is 0 Å². The number of aryl methyl sites for hydroxylation is 1. The third kappa shape index (κ3) is 6.01. The molecule has 1 heterocycles. The fourth-order valence-corrected chi connectivity index (χ4v) is 2.97. The molecule has 2 amide bonds. The van der Waals surface area contributed by atoms with Crippen molar-refractivity contribution in [1.29, 1.82) is 0 Å². The van der Waals surface area contributed by atoms with Crippen molar-refractivity contribution in [3.63, 3.8) is 0 Å². The molecule has 1 saturated heterocycles. The average Bonchev–Trinajstić information content (AvgIpc) is 2.96. The van der Waals surface area contributed by atoms with Gasteiger partial charge in [-0.15, -0.1) is 0 Å². The minimum atomic E-state index is -0.455. The Morgan fingerprint density at radius 1 is 1.35 bits per heavy atom. The first kappa shape index (κ1) is 19.7. The number of halogens is 2. The lowest BCUT2D eigenvalue weighted by molar-refractivity contribution is -0.137. The van der Waals surface area contributed by atoms with Crippen molar-refractivity contribution < 1.29 is 9.59 Å². The summed E-state index contributed by atoms with van der Waals surface area (Å²) in [6, 6.07) is 4.76. The molecule has 1 fully saturated rings. The predicted molar refractivity (Wildman–Crippen MR) is 93.7 cm³/mol. The normalized spacial score (nSPS) is 16.7. The van der Waals surface area contributed by atoms with E-state index >= 15 is 0 Å². The summed E-state index contributed by atoms with van der Waals surface area (Å²) in [5, 5.41) is 3.87. The fourth-order valence-electron chi connectivity index (χ4n) is 2.47. The Morgan fingerprint density at radius 3 is 2.57 bits per heavy atom. The highest BCUT2D eigenvalue weighted by atomic mass is 35.5. The smallest absolute Gasteiger partial charge is 0.240 e. The Labute approximate surface area is 147 Å². The van der Waals surface area contributed by atoms with Crippen LogP contribution in [0.25, 0.3) is 0 Å². The van der Waals surface area contributed by atoms with Crippen molar-refractivity contribution in [3.05, 3.63) is 33.8 Å². The number of hydrogen-bond donors (Lipinski definition) is 2. The maximum atomic E-state index is 12.2. The van der Waals surface area contributed by atoms with Gasteiger partial charge < -0.3 is 16.0 Å². The molecule has 1 aromatic carbocycles. The maximum absolute atomic E-state index is 12.2. The number of hydrogen-bond acceptors (Lipinski definition) is 3. The van der Waals surface area contributed by atoms with Crippen LogP contribution in [0, 0.1) is 0 Å². The molecule has 0 bridgehead atoms. The largest absolute Gasteiger partial charge is 0.368 e. The van der Waals surface area contributed by atoms with Gasteiger partial charge in [0.05, 0.1) is 0 Å². The Bertz CT molecular complexity index is 552. The van der Waals surface area contributed by atoms with E-state index < -0.39 is 11.9 Å². The van der Waals surface area contributed by atoms with Gasteiger partial charge in [0, 0.05) is 23.0 Å². The van der Waals surface area contributed by atoms with Crippen LogP contribution in [0.5, 0.6) is 0 Å². The number of nitrogens with two attached hydrogens (primary N) is 1. The standard InChI is InChI=1S/C14H16Cl2N2O2.C2H7N/c15-10-5-3-9(11(16)8-10)4-6-13(19)18-7-1-2-12(18)14(17)20;1-3-2/h3,5,8,12H,1-2,4,6-7H2,(H2,17,20);3H,1-2H3/t12-;/m0./s1. The number of primary amides is 1. The van der Waals surface area contributed by atoms with Gasteiger partial charge in [-0.1, -0.05) is 29.3 Å². The van der Waals surface area contributed by atoms with Gasteiger partial charge >= 0.3 is 0 Å². The molecule has 2 rings (SSSR count). The van der Waals surface area contributed by atoms with Gasteiger partial charge in [0.2, 0.25) is 11.8 Å². The van der Waals surface area contributed by atoms with Gasteiger partial charge in [-0.05, 0) is 51.1 Å². The molecule has 0 aliphatic carbocycles. The van der Waals surface area contributed by atoms with Crippen LogP contribution in [-0.4, -0.2) is 43.4 Å². The summed E-state index contributed by atoms with van der Waals surface area (Å²) >= 11 is 11.9. The summed E-state index contributed by atoms with van der Waals surface area (Å²) < 4.78 is 0. The van der Waals surface area contributed by atoms with Crippen LogP contribution in [0.1, 0.15) is 24.8 Å². The summed E-state index contributed by atoms with van der Waals surface area (Å²) in [5.41, 5.74) is 6.18. The van der Waals surface area contributed by atoms with Crippen LogP contribution >= 0.6 is 23.2 Å². The molecule has 7 heteroatoms. The minimum Gasteiger partial charge on any atom is -0.368 e. The Morgan fingerprint density at radius 2 is 2.00 bits per heavy atom. The molecule has 0 unspecified atom stereocenters. The molecule has 0 radical (unpaired) electrons. The van der Waals surface area contributed by atoms with E-state index in [1.807, 2.05) is 20.2 Å². The van der Waals surface area contributed by atoms with Gasteiger partial charge in [-0.25, -0.2) is 0 Å². The predicted octanol–water partition coefficient (Wildman–Crippen LogP) is 2.24. The highest BCUT2D eigenvalue weighted by molar-refractivity contribution is 6.35. The molecular formula is C16H23Cl2N3O2. The first-order chi connectivity index (χ1) is 10.9. The summed E-state index contributed by atoms with van der Waals surface area (Å²) in [5.74, 6) is -0.488. The highest BCUT2D eigenvalue weighted by Gasteiger charge is 2.32. The molecule has 1 aliphatic heterocycles. The summed E-state index contributed by atoms with van der Waals surface area (Å²) in [6.45, 7) is 0.598. The molecule has 0 aromatic heterocycles. The van der Waals surface area contributed by atoms with E-state index in [1.165, 1.54) is 0 Å². The number of carbonyl (C=O) groups excluding carboxylic acids is 2. The topological polar surface area (TPSA) is 75.4 Å². The lowest BCUT2D eigenvalue weighted by Crippen LogP contribution is -2.43. The molecule has 0 saturated carbocycles. The number of rotatable bonds is 4.